The van der Waals surface area contributed by atoms with Gasteiger partial charge in [-0.3, -0.25) is 0 Å². The van der Waals surface area contributed by atoms with Gasteiger partial charge in [0.25, 0.3) is 5.92 Å². The van der Waals surface area contributed by atoms with E-state index in [1.807, 2.05) is 24.3 Å². The normalized spacial score (nSPS) is 11.5. The van der Waals surface area contributed by atoms with Crippen molar-refractivity contribution in [1.82, 2.24) is 0 Å². The number of ether oxygens (including phenoxy) is 1. The number of rotatable bonds is 7. The predicted molar refractivity (Wildman–Crippen MR) is 84.7 cm³/mol. The molecule has 2 N–H and O–H groups in total. The van der Waals surface area contributed by atoms with Crippen LogP contribution in [0.25, 0.3) is 0 Å². The van der Waals surface area contributed by atoms with Gasteiger partial charge in [0, 0.05) is 10.6 Å². The Morgan fingerprint density at radius 3 is 2.59 bits per heavy atom. The molecule has 0 saturated carbocycles. The molecule has 0 aliphatic heterocycles. The third-order valence-electron chi connectivity index (χ3n) is 3.28. The molecule has 0 heterocycles. The van der Waals surface area contributed by atoms with Gasteiger partial charge in [0.05, 0.1) is 13.2 Å². The minimum absolute atomic E-state index is 0.123. The van der Waals surface area contributed by atoms with Gasteiger partial charge in [-0.15, -0.1) is 0 Å². The molecule has 2 nitrogen and oxygen atoms in total. The zero-order valence-electron chi connectivity index (χ0n) is 12.1. The predicted octanol–water partition coefficient (Wildman–Crippen LogP) is 4.40. The SMILES string of the molecule is NCC(F)(F)c1cccc(OCCCc2cccc(Cl)c2)c1. The largest absolute Gasteiger partial charge is 0.494 e. The summed E-state index contributed by atoms with van der Waals surface area (Å²) in [6, 6.07) is 13.5. The molecule has 0 aromatic heterocycles. The van der Waals surface area contributed by atoms with E-state index in [0.717, 1.165) is 18.4 Å². The molecule has 2 aromatic carbocycles. The molecule has 0 aliphatic rings. The maximum Gasteiger partial charge on any atom is 0.285 e. The summed E-state index contributed by atoms with van der Waals surface area (Å²) in [5, 5.41) is 0.704. The summed E-state index contributed by atoms with van der Waals surface area (Å²) in [6.07, 6.45) is 1.59. The summed E-state index contributed by atoms with van der Waals surface area (Å²) in [6.45, 7) is -0.268. The van der Waals surface area contributed by atoms with Crippen molar-refractivity contribution in [2.24, 2.45) is 5.73 Å². The van der Waals surface area contributed by atoms with Gasteiger partial charge < -0.3 is 10.5 Å². The molecule has 0 aliphatic carbocycles. The van der Waals surface area contributed by atoms with Crippen LogP contribution in [-0.2, 0) is 12.3 Å². The van der Waals surface area contributed by atoms with Gasteiger partial charge in [0.15, 0.2) is 0 Å². The highest BCUT2D eigenvalue weighted by Gasteiger charge is 2.29. The highest BCUT2D eigenvalue weighted by molar-refractivity contribution is 6.30. The Hall–Kier alpha value is -1.65. The minimum Gasteiger partial charge on any atom is -0.494 e. The minimum atomic E-state index is -3.03. The lowest BCUT2D eigenvalue weighted by molar-refractivity contribution is 0.00571. The van der Waals surface area contributed by atoms with Crippen molar-refractivity contribution in [3.05, 3.63) is 64.7 Å². The van der Waals surface area contributed by atoms with Crippen LogP contribution in [0.5, 0.6) is 5.75 Å². The Morgan fingerprint density at radius 1 is 1.09 bits per heavy atom. The second kappa shape index (κ2) is 7.56. The van der Waals surface area contributed by atoms with Gasteiger partial charge in [0.2, 0.25) is 0 Å². The number of hydrogen-bond acceptors (Lipinski definition) is 2. The highest BCUT2D eigenvalue weighted by Crippen LogP contribution is 2.29. The molecule has 0 fully saturated rings. The maximum atomic E-state index is 13.5. The molecule has 5 heteroatoms. The molecule has 0 saturated heterocycles. The fourth-order valence-corrected chi connectivity index (χ4v) is 2.30. The summed E-state index contributed by atoms with van der Waals surface area (Å²) in [7, 11) is 0. The fourth-order valence-electron chi connectivity index (χ4n) is 2.09. The second-order valence-electron chi connectivity index (χ2n) is 5.02. The van der Waals surface area contributed by atoms with Gasteiger partial charge in [0.1, 0.15) is 5.75 Å². The zero-order valence-corrected chi connectivity index (χ0v) is 12.8. The molecule has 2 rings (SSSR count). The summed E-state index contributed by atoms with van der Waals surface area (Å²) in [5.74, 6) is -2.60. The van der Waals surface area contributed by atoms with Crippen LogP contribution in [0.2, 0.25) is 5.02 Å². The molecule has 0 radical (unpaired) electrons. The van der Waals surface area contributed by atoms with Crippen molar-refractivity contribution < 1.29 is 13.5 Å². The number of hydrogen-bond donors (Lipinski definition) is 1. The van der Waals surface area contributed by atoms with Crippen molar-refractivity contribution in [3.63, 3.8) is 0 Å². The average molecular weight is 326 g/mol. The third kappa shape index (κ3) is 4.68. The van der Waals surface area contributed by atoms with E-state index in [0.29, 0.717) is 17.4 Å². The van der Waals surface area contributed by atoms with Gasteiger partial charge >= 0.3 is 0 Å². The van der Waals surface area contributed by atoms with Crippen LogP contribution in [0, 0.1) is 0 Å². The van der Waals surface area contributed by atoms with Crippen molar-refractivity contribution in [3.8, 4) is 5.75 Å². The molecule has 0 amide bonds. The lowest BCUT2D eigenvalue weighted by Gasteiger charge is -2.15. The van der Waals surface area contributed by atoms with Gasteiger partial charge in [-0.25, -0.2) is 0 Å². The molecular formula is C17H18ClF2NO. The van der Waals surface area contributed by atoms with E-state index in [4.69, 9.17) is 22.1 Å². The smallest absolute Gasteiger partial charge is 0.285 e. The van der Waals surface area contributed by atoms with Gasteiger partial charge in [-0.1, -0.05) is 35.9 Å². The van der Waals surface area contributed by atoms with Crippen LogP contribution in [0.4, 0.5) is 8.78 Å². The molecule has 118 valence electrons. The topological polar surface area (TPSA) is 35.2 Å². The van der Waals surface area contributed by atoms with E-state index >= 15 is 0 Å². The van der Waals surface area contributed by atoms with Crippen LogP contribution in [-0.4, -0.2) is 13.2 Å². The summed E-state index contributed by atoms with van der Waals surface area (Å²) in [4.78, 5) is 0. The summed E-state index contributed by atoms with van der Waals surface area (Å²) < 4.78 is 32.6. The van der Waals surface area contributed by atoms with Crippen LogP contribution in [0.3, 0.4) is 0 Å². The van der Waals surface area contributed by atoms with E-state index in [9.17, 15) is 8.78 Å². The molecule has 22 heavy (non-hydrogen) atoms. The van der Waals surface area contributed by atoms with Crippen LogP contribution in [0.15, 0.2) is 48.5 Å². The number of nitrogens with two attached hydrogens (primary N) is 1. The van der Waals surface area contributed by atoms with Crippen molar-refractivity contribution in [2.45, 2.75) is 18.8 Å². The lowest BCUT2D eigenvalue weighted by atomic mass is 10.1. The highest BCUT2D eigenvalue weighted by atomic mass is 35.5. The van der Waals surface area contributed by atoms with Crippen molar-refractivity contribution in [1.29, 1.82) is 0 Å². The first kappa shape index (κ1) is 16.7. The third-order valence-corrected chi connectivity index (χ3v) is 3.52. The molecular weight excluding hydrogens is 308 g/mol. The lowest BCUT2D eigenvalue weighted by Crippen LogP contribution is -2.25. The zero-order chi connectivity index (χ0) is 16.0. The number of halogens is 3. The molecule has 0 bridgehead atoms. The van der Waals surface area contributed by atoms with Crippen molar-refractivity contribution >= 4 is 11.6 Å². The Balaban J connectivity index is 1.86. The Morgan fingerprint density at radius 2 is 1.86 bits per heavy atom. The van der Waals surface area contributed by atoms with Crippen LogP contribution >= 0.6 is 11.6 Å². The van der Waals surface area contributed by atoms with E-state index in [1.54, 1.807) is 12.1 Å². The molecule has 2 aromatic rings. The van der Waals surface area contributed by atoms with Gasteiger partial charge in [-0.2, -0.15) is 8.78 Å². The number of alkyl halides is 2. The quantitative estimate of drug-likeness (QED) is 0.766. The Kier molecular flexibility index (Phi) is 5.75. The maximum absolute atomic E-state index is 13.5. The Labute approximate surface area is 133 Å². The summed E-state index contributed by atoms with van der Waals surface area (Å²) in [5.41, 5.74) is 6.09. The number of benzene rings is 2. The molecule has 0 unspecified atom stereocenters. The first-order chi connectivity index (χ1) is 10.5. The fraction of sp³-hybridized carbons (Fsp3) is 0.294. The molecule has 0 atom stereocenters. The first-order valence-corrected chi connectivity index (χ1v) is 7.45. The standard InChI is InChI=1S/C17H18ClF2NO/c18-15-7-1-4-13(10-15)5-3-9-22-16-8-2-6-14(11-16)17(19,20)12-21/h1-2,4,6-8,10-11H,3,5,9,12,21H2. The van der Waals surface area contributed by atoms with E-state index in [1.165, 1.54) is 12.1 Å². The van der Waals surface area contributed by atoms with E-state index in [2.05, 4.69) is 0 Å². The monoisotopic (exact) mass is 325 g/mol. The first-order valence-electron chi connectivity index (χ1n) is 7.07. The van der Waals surface area contributed by atoms with Crippen LogP contribution in [0.1, 0.15) is 17.5 Å². The average Bonchev–Trinajstić information content (AvgIpc) is 2.52. The van der Waals surface area contributed by atoms with Crippen molar-refractivity contribution in [2.75, 3.05) is 13.2 Å². The Bertz CT molecular complexity index is 619. The van der Waals surface area contributed by atoms with Crippen LogP contribution < -0.4 is 10.5 Å². The van der Waals surface area contributed by atoms with Gasteiger partial charge in [-0.05, 0) is 42.7 Å². The van der Waals surface area contributed by atoms with E-state index in [-0.39, 0.29) is 5.56 Å². The molecule has 0 spiro atoms. The number of aryl methyl sites for hydroxylation is 1. The second-order valence-corrected chi connectivity index (χ2v) is 5.45. The van der Waals surface area contributed by atoms with E-state index < -0.39 is 12.5 Å². The summed E-state index contributed by atoms with van der Waals surface area (Å²) >= 11 is 5.91.